The van der Waals surface area contributed by atoms with E-state index in [-0.39, 0.29) is 11.7 Å². The van der Waals surface area contributed by atoms with E-state index in [1.165, 1.54) is 0 Å². The second-order valence-electron chi connectivity index (χ2n) is 7.27. The first-order chi connectivity index (χ1) is 14.0. The average Bonchev–Trinajstić information content (AvgIpc) is 3.18. The molecule has 2 N–H and O–H groups in total. The first-order valence-electron chi connectivity index (χ1n) is 9.60. The Hall–Kier alpha value is -3.26. The topological polar surface area (TPSA) is 102 Å². The highest BCUT2D eigenvalue weighted by Crippen LogP contribution is 2.28. The number of hydrogen-bond donors (Lipinski definition) is 2. The third-order valence-corrected chi connectivity index (χ3v) is 5.07. The van der Waals surface area contributed by atoms with Crippen molar-refractivity contribution < 1.29 is 14.6 Å². The molecule has 0 amide bonds. The molecule has 0 spiro atoms. The van der Waals surface area contributed by atoms with Gasteiger partial charge in [-0.15, -0.1) is 0 Å². The van der Waals surface area contributed by atoms with Crippen LogP contribution in [0.1, 0.15) is 41.7 Å². The second-order valence-corrected chi connectivity index (χ2v) is 7.27. The van der Waals surface area contributed by atoms with Gasteiger partial charge >= 0.3 is 5.97 Å². The normalized spacial score (nSPS) is 19.1. The number of carbonyl (C=O) groups is 1. The molecule has 0 bridgehead atoms. The van der Waals surface area contributed by atoms with E-state index < -0.39 is 5.97 Å². The van der Waals surface area contributed by atoms with Crippen molar-refractivity contribution >= 4 is 17.6 Å². The summed E-state index contributed by atoms with van der Waals surface area (Å²) in [7, 11) is 0. The zero-order chi connectivity index (χ0) is 20.4. The van der Waals surface area contributed by atoms with Gasteiger partial charge in [0.2, 0.25) is 5.95 Å². The summed E-state index contributed by atoms with van der Waals surface area (Å²) in [5.41, 5.74) is 2.95. The van der Waals surface area contributed by atoms with Crippen molar-refractivity contribution in [3.05, 3.63) is 54.0 Å². The van der Waals surface area contributed by atoms with Crippen molar-refractivity contribution in [3.63, 3.8) is 0 Å². The van der Waals surface area contributed by atoms with Crippen LogP contribution < -0.4 is 5.32 Å². The number of aromatic carboxylic acids is 1. The summed E-state index contributed by atoms with van der Waals surface area (Å²) >= 11 is 0. The van der Waals surface area contributed by atoms with Crippen LogP contribution in [0.5, 0.6) is 0 Å². The van der Waals surface area contributed by atoms with Crippen molar-refractivity contribution in [2.45, 2.75) is 38.8 Å². The van der Waals surface area contributed by atoms with Gasteiger partial charge in [-0.25, -0.2) is 14.8 Å². The lowest BCUT2D eigenvalue weighted by atomic mass is 10.0. The predicted molar refractivity (Wildman–Crippen MR) is 108 cm³/mol. The van der Waals surface area contributed by atoms with E-state index >= 15 is 0 Å². The fourth-order valence-electron chi connectivity index (χ4n) is 3.60. The summed E-state index contributed by atoms with van der Waals surface area (Å²) in [5.74, 6) is -0.592. The minimum Gasteiger partial charge on any atom is -0.478 e. The number of ether oxygens (including phenoxy) is 1. The highest BCUT2D eigenvalue weighted by molar-refractivity contribution is 5.95. The smallest absolute Gasteiger partial charge is 0.336 e. The molecule has 4 rings (SSSR count). The highest BCUT2D eigenvalue weighted by atomic mass is 16.5. The highest BCUT2D eigenvalue weighted by Gasteiger charge is 2.21. The Balaban J connectivity index is 1.58. The summed E-state index contributed by atoms with van der Waals surface area (Å²) in [5, 5.41) is 17.1. The quantitative estimate of drug-likeness (QED) is 0.679. The second kappa shape index (κ2) is 8.00. The van der Waals surface area contributed by atoms with E-state index in [9.17, 15) is 9.90 Å². The Morgan fingerprint density at radius 2 is 2.14 bits per heavy atom. The van der Waals surface area contributed by atoms with Gasteiger partial charge in [-0.3, -0.25) is 4.68 Å². The zero-order valence-corrected chi connectivity index (χ0v) is 16.4. The van der Waals surface area contributed by atoms with Crippen LogP contribution in [0.4, 0.5) is 11.6 Å². The summed E-state index contributed by atoms with van der Waals surface area (Å²) in [6, 6.07) is 7.15. The van der Waals surface area contributed by atoms with E-state index in [1.54, 1.807) is 36.7 Å². The molecule has 1 aromatic carbocycles. The number of carboxylic acid groups (broad SMARTS) is 1. The minimum absolute atomic E-state index is 0.210. The monoisotopic (exact) mass is 393 g/mol. The zero-order valence-electron chi connectivity index (χ0n) is 16.4. The molecule has 8 heteroatoms. The number of aromatic nitrogens is 4. The van der Waals surface area contributed by atoms with Crippen molar-refractivity contribution in [1.29, 1.82) is 0 Å². The van der Waals surface area contributed by atoms with Gasteiger partial charge in [0.25, 0.3) is 0 Å². The maximum atomic E-state index is 11.6. The first kappa shape index (κ1) is 19.1. The fraction of sp³-hybridized carbons (Fsp3) is 0.333. The molecular formula is C21H23N5O3. The number of benzene rings is 1. The molecule has 2 atom stereocenters. The predicted octanol–water partition coefficient (Wildman–Crippen LogP) is 3.83. The van der Waals surface area contributed by atoms with Crippen LogP contribution in [-0.4, -0.2) is 43.5 Å². The van der Waals surface area contributed by atoms with E-state index in [4.69, 9.17) is 4.74 Å². The molecule has 3 heterocycles. The van der Waals surface area contributed by atoms with Crippen molar-refractivity contribution in [2.24, 2.45) is 0 Å². The lowest BCUT2D eigenvalue weighted by Crippen LogP contribution is -2.25. The Kier molecular flexibility index (Phi) is 5.26. The van der Waals surface area contributed by atoms with Gasteiger partial charge in [0.15, 0.2) is 0 Å². The molecule has 1 fully saturated rings. The van der Waals surface area contributed by atoms with Gasteiger partial charge in [0.1, 0.15) is 0 Å². The average molecular weight is 393 g/mol. The molecule has 150 valence electrons. The summed E-state index contributed by atoms with van der Waals surface area (Å²) < 4.78 is 7.56. The van der Waals surface area contributed by atoms with E-state index in [0.717, 1.165) is 30.7 Å². The molecule has 2 unspecified atom stereocenters. The summed E-state index contributed by atoms with van der Waals surface area (Å²) in [6.45, 7) is 4.68. The Bertz CT molecular complexity index is 1030. The van der Waals surface area contributed by atoms with Crippen LogP contribution in [0.2, 0.25) is 0 Å². The molecular weight excluding hydrogens is 370 g/mol. The first-order valence-corrected chi connectivity index (χ1v) is 9.60. The Labute approximate surface area is 168 Å². The number of nitrogens with zero attached hydrogens (tertiary/aromatic N) is 4. The van der Waals surface area contributed by atoms with Crippen molar-refractivity contribution in [2.75, 3.05) is 11.9 Å². The number of carboxylic acids is 1. The molecule has 29 heavy (non-hydrogen) atoms. The van der Waals surface area contributed by atoms with E-state index in [0.29, 0.717) is 23.2 Å². The molecule has 1 saturated heterocycles. The van der Waals surface area contributed by atoms with E-state index in [2.05, 4.69) is 27.3 Å². The van der Waals surface area contributed by atoms with Crippen LogP contribution in [0, 0.1) is 6.92 Å². The fourth-order valence-corrected chi connectivity index (χ4v) is 3.60. The molecule has 3 aromatic rings. The molecule has 2 aromatic heterocycles. The van der Waals surface area contributed by atoms with E-state index in [1.807, 2.05) is 17.8 Å². The molecule has 1 aliphatic rings. The molecule has 1 aliphatic heterocycles. The van der Waals surface area contributed by atoms with Gasteiger partial charge in [0, 0.05) is 24.6 Å². The number of nitrogens with one attached hydrogen (secondary N) is 1. The Morgan fingerprint density at radius 1 is 1.31 bits per heavy atom. The lowest BCUT2D eigenvalue weighted by molar-refractivity contribution is 0.00351. The van der Waals surface area contributed by atoms with Gasteiger partial charge in [0.05, 0.1) is 35.3 Å². The van der Waals surface area contributed by atoms with Crippen LogP contribution in [0.15, 0.2) is 42.9 Å². The van der Waals surface area contributed by atoms with Crippen molar-refractivity contribution in [3.8, 4) is 11.3 Å². The SMILES string of the molecule is Cc1cnc(Nc2cnn(C3CCOC(C)C3)c2)nc1-c1ccccc1C(=O)O. The molecule has 0 saturated carbocycles. The van der Waals surface area contributed by atoms with Crippen LogP contribution in [0.3, 0.4) is 0 Å². The van der Waals surface area contributed by atoms with Crippen molar-refractivity contribution in [1.82, 2.24) is 19.7 Å². The standard InChI is InChI=1S/C21H23N5O3/c1-13-10-22-21(25-19(13)17-5-3-4-6-18(17)20(27)28)24-15-11-23-26(12-15)16-7-8-29-14(2)9-16/h3-6,10-12,14,16H,7-9H2,1-2H3,(H,27,28)(H,22,24,25). The largest absolute Gasteiger partial charge is 0.478 e. The van der Waals surface area contributed by atoms with Gasteiger partial charge in [-0.1, -0.05) is 18.2 Å². The van der Waals surface area contributed by atoms with Gasteiger partial charge < -0.3 is 15.2 Å². The number of rotatable bonds is 5. The Morgan fingerprint density at radius 3 is 2.93 bits per heavy atom. The molecule has 0 radical (unpaired) electrons. The maximum absolute atomic E-state index is 11.6. The van der Waals surface area contributed by atoms with Crippen LogP contribution >= 0.6 is 0 Å². The van der Waals surface area contributed by atoms with Gasteiger partial charge in [-0.2, -0.15) is 5.10 Å². The minimum atomic E-state index is -0.986. The van der Waals surface area contributed by atoms with Gasteiger partial charge in [-0.05, 0) is 38.3 Å². The van der Waals surface area contributed by atoms with Crippen LogP contribution in [-0.2, 0) is 4.74 Å². The third-order valence-electron chi connectivity index (χ3n) is 5.07. The summed E-state index contributed by atoms with van der Waals surface area (Å²) in [6.07, 6.45) is 7.46. The lowest BCUT2D eigenvalue weighted by Gasteiger charge is -2.27. The molecule has 0 aliphatic carbocycles. The third kappa shape index (κ3) is 4.12. The number of aryl methyl sites for hydroxylation is 1. The van der Waals surface area contributed by atoms with Crippen LogP contribution in [0.25, 0.3) is 11.3 Å². The summed E-state index contributed by atoms with van der Waals surface area (Å²) in [4.78, 5) is 20.5. The maximum Gasteiger partial charge on any atom is 0.336 e. The number of hydrogen-bond acceptors (Lipinski definition) is 6. The number of anilines is 2. The molecule has 8 nitrogen and oxygen atoms in total.